The van der Waals surface area contributed by atoms with Crippen molar-refractivity contribution in [2.75, 3.05) is 39.9 Å². The Kier molecular flexibility index (Phi) is 16.4. The van der Waals surface area contributed by atoms with Crippen molar-refractivity contribution in [3.05, 3.63) is 107 Å². The number of aliphatic carboxylic acids is 1. The van der Waals surface area contributed by atoms with Crippen molar-refractivity contribution in [2.45, 2.75) is 70.1 Å². The predicted molar refractivity (Wildman–Crippen MR) is 233 cm³/mol. The highest BCUT2D eigenvalue weighted by Gasteiger charge is 2.36. The van der Waals surface area contributed by atoms with Crippen LogP contribution >= 0.6 is 0 Å². The summed E-state index contributed by atoms with van der Waals surface area (Å²) >= 11 is 0. The molecule has 10 N–H and O–H groups in total. The van der Waals surface area contributed by atoms with E-state index in [-0.39, 0.29) is 45.7 Å². The Morgan fingerprint density at radius 2 is 1.43 bits per heavy atom. The first-order chi connectivity index (χ1) is 29.4. The zero-order valence-electron chi connectivity index (χ0n) is 34.9. The van der Waals surface area contributed by atoms with Gasteiger partial charge in [0.25, 0.3) is 5.91 Å². The summed E-state index contributed by atoms with van der Waals surface area (Å²) < 4.78 is 12.1. The molecule has 0 unspecified atom stereocenters. The monoisotopic (exact) mass is 835 g/mol. The molecule has 4 bridgehead atoms. The topological polar surface area (TPSA) is 241 Å². The zero-order chi connectivity index (χ0) is 44.1. The molecule has 4 aromatic rings. The first kappa shape index (κ1) is 45.8. The first-order valence-electron chi connectivity index (χ1n) is 20.6. The molecule has 1 aliphatic heterocycles. The zero-order valence-corrected chi connectivity index (χ0v) is 34.9. The van der Waals surface area contributed by atoms with Gasteiger partial charge in [-0.1, -0.05) is 61.9 Å². The average Bonchev–Trinajstić information content (AvgIpc) is 3.26. The van der Waals surface area contributed by atoms with E-state index in [1.807, 2.05) is 12.1 Å². The van der Waals surface area contributed by atoms with E-state index in [9.17, 15) is 29.1 Å². The molecule has 0 aromatic heterocycles. The summed E-state index contributed by atoms with van der Waals surface area (Å²) in [4.78, 5) is 69.5. The van der Waals surface area contributed by atoms with Gasteiger partial charge in [-0.25, -0.2) is 4.79 Å². The number of unbranched alkanes of at least 4 members (excludes halogenated alkanes) is 1. The minimum absolute atomic E-state index is 0.0375. The van der Waals surface area contributed by atoms with E-state index in [0.717, 1.165) is 30.4 Å². The van der Waals surface area contributed by atoms with Crippen LogP contribution in [-0.2, 0) is 32.0 Å². The number of rotatable bonds is 17. The van der Waals surface area contributed by atoms with Crippen LogP contribution in [0.5, 0.6) is 11.5 Å². The van der Waals surface area contributed by atoms with Crippen molar-refractivity contribution < 1.29 is 38.6 Å². The molecule has 1 heterocycles. The van der Waals surface area contributed by atoms with Crippen LogP contribution in [0.4, 0.5) is 0 Å². The van der Waals surface area contributed by atoms with Crippen molar-refractivity contribution >= 4 is 29.6 Å². The Bertz CT molecular complexity index is 2160. The van der Waals surface area contributed by atoms with Crippen molar-refractivity contribution in [1.82, 2.24) is 20.9 Å². The number of hydrogen-bond acceptors (Lipinski definition) is 10. The molecule has 4 atom stereocenters. The number of aryl methyl sites for hydroxylation is 1. The Morgan fingerprint density at radius 1 is 0.820 bits per heavy atom. The van der Waals surface area contributed by atoms with Crippen molar-refractivity contribution in [3.8, 4) is 33.8 Å². The summed E-state index contributed by atoms with van der Waals surface area (Å²) in [7, 11) is 1.42. The molecule has 0 fully saturated rings. The minimum atomic E-state index is -1.37. The maximum absolute atomic E-state index is 14.5. The SMILES string of the molecule is CCCCc1ccc(-c2ccc(C(=O)N[C@@H](CCN)C(=O)N(C)[C@@H]3C(=O)N[C@@H](C)C(=O)N[C@H](C(=O)O)Cc4ccc(OCCN)c(c4)-c4cc3ccc4OCCN)cc2)cc1. The van der Waals surface area contributed by atoms with Gasteiger partial charge in [0.2, 0.25) is 17.7 Å². The van der Waals surface area contributed by atoms with E-state index in [2.05, 4.69) is 47.1 Å². The number of carbonyl (C=O) groups excluding carboxylic acids is 4. The predicted octanol–water partition coefficient (Wildman–Crippen LogP) is 3.32. The van der Waals surface area contributed by atoms with Crippen LogP contribution in [0, 0.1) is 0 Å². The highest BCUT2D eigenvalue weighted by Crippen LogP contribution is 2.40. The maximum Gasteiger partial charge on any atom is 0.326 e. The normalized spacial score (nSPS) is 16.9. The van der Waals surface area contributed by atoms with Crippen LogP contribution in [-0.4, -0.2) is 97.6 Å². The van der Waals surface area contributed by atoms with Crippen LogP contribution in [0.15, 0.2) is 84.9 Å². The van der Waals surface area contributed by atoms with Gasteiger partial charge in [-0.05, 0) is 96.9 Å². The fourth-order valence-electron chi connectivity index (χ4n) is 7.17. The Morgan fingerprint density at radius 3 is 2.02 bits per heavy atom. The molecular formula is C46H57N7O8. The average molecular weight is 836 g/mol. The number of nitrogens with two attached hydrogens (primary N) is 3. The second-order valence-corrected chi connectivity index (χ2v) is 15.0. The molecule has 0 spiro atoms. The van der Waals surface area contributed by atoms with Gasteiger partial charge in [-0.2, -0.15) is 0 Å². The summed E-state index contributed by atoms with van der Waals surface area (Å²) in [6, 6.07) is 20.4. The minimum Gasteiger partial charge on any atom is -0.492 e. The lowest BCUT2D eigenvalue weighted by Gasteiger charge is -2.32. The van der Waals surface area contributed by atoms with E-state index in [0.29, 0.717) is 39.3 Å². The lowest BCUT2D eigenvalue weighted by molar-refractivity contribution is -0.143. The molecule has 4 aromatic carbocycles. The quantitative estimate of drug-likeness (QED) is 0.0814. The maximum atomic E-state index is 14.5. The number of likely N-dealkylation sites (N-methyl/N-ethyl adjacent to an activating group) is 1. The van der Waals surface area contributed by atoms with Crippen molar-refractivity contribution in [1.29, 1.82) is 0 Å². The fourth-order valence-corrected chi connectivity index (χ4v) is 7.17. The Labute approximate surface area is 356 Å². The summed E-state index contributed by atoms with van der Waals surface area (Å²) in [6.07, 6.45) is 3.22. The standard InChI is InChI=1S/C46H57N7O8/c1-4-5-6-29-7-10-31(11-8-29)32-12-14-33(15-13-32)43(55)51-37(19-20-47)45(57)53(3)41-34-16-18-40(61-24-22-49)36(27-34)35-25-30(9-17-39(35)60-23-21-48)26-38(46(58)59)52-42(54)28(2)50-44(41)56/h7-18,25,27-28,37-38,41H,4-6,19-24,26,47-49H2,1-3H3,(H,50,56)(H,51,55)(H,52,54)(H,58,59)/t28-,37-,38-,41-/m0/s1. The second-order valence-electron chi connectivity index (χ2n) is 15.0. The number of benzene rings is 4. The Hall–Kier alpha value is -6.29. The molecule has 0 saturated heterocycles. The fraction of sp³-hybridized carbons (Fsp3) is 0.370. The number of nitrogens with one attached hydrogen (secondary N) is 3. The number of carboxylic acid groups (broad SMARTS) is 1. The van der Waals surface area contributed by atoms with Gasteiger partial charge in [0.05, 0.1) is 0 Å². The molecule has 1 aliphatic rings. The van der Waals surface area contributed by atoms with Crippen LogP contribution in [0.25, 0.3) is 22.3 Å². The van der Waals surface area contributed by atoms with E-state index < -0.39 is 53.8 Å². The molecule has 5 rings (SSSR count). The van der Waals surface area contributed by atoms with Crippen LogP contribution in [0.1, 0.15) is 66.2 Å². The molecule has 4 amide bonds. The number of amides is 4. The van der Waals surface area contributed by atoms with Crippen LogP contribution in [0.2, 0.25) is 0 Å². The lowest BCUT2D eigenvalue weighted by Crippen LogP contribution is -2.55. The number of ether oxygens (including phenoxy) is 2. The summed E-state index contributed by atoms with van der Waals surface area (Å²) in [5, 5.41) is 18.1. The van der Waals surface area contributed by atoms with Gasteiger partial charge in [-0.15, -0.1) is 0 Å². The molecule has 61 heavy (non-hydrogen) atoms. The summed E-state index contributed by atoms with van der Waals surface area (Å²) in [5.74, 6) is -3.13. The third-order valence-corrected chi connectivity index (χ3v) is 10.5. The molecule has 15 heteroatoms. The highest BCUT2D eigenvalue weighted by molar-refractivity contribution is 5.99. The van der Waals surface area contributed by atoms with Gasteiger partial charge >= 0.3 is 5.97 Å². The summed E-state index contributed by atoms with van der Waals surface area (Å²) in [5.41, 5.74) is 22.9. The van der Waals surface area contributed by atoms with Crippen molar-refractivity contribution in [2.24, 2.45) is 17.2 Å². The largest absolute Gasteiger partial charge is 0.492 e. The molecule has 0 saturated carbocycles. The molecule has 324 valence electrons. The smallest absolute Gasteiger partial charge is 0.326 e. The second kappa shape index (κ2) is 21.8. The Balaban J connectivity index is 1.51. The molecule has 15 nitrogen and oxygen atoms in total. The number of carboxylic acids is 1. The lowest BCUT2D eigenvalue weighted by atomic mass is 9.93. The van der Waals surface area contributed by atoms with Gasteiger partial charge in [0.15, 0.2) is 0 Å². The summed E-state index contributed by atoms with van der Waals surface area (Å²) in [6.45, 7) is 4.32. The van der Waals surface area contributed by atoms with E-state index in [4.69, 9.17) is 26.7 Å². The molecule has 0 radical (unpaired) electrons. The van der Waals surface area contributed by atoms with Crippen molar-refractivity contribution in [3.63, 3.8) is 0 Å². The van der Waals surface area contributed by atoms with E-state index in [1.165, 1.54) is 24.4 Å². The number of hydrogen-bond donors (Lipinski definition) is 7. The number of carbonyl (C=O) groups is 5. The van der Waals surface area contributed by atoms with E-state index >= 15 is 0 Å². The van der Waals surface area contributed by atoms with Gasteiger partial charge in [0, 0.05) is 43.2 Å². The van der Waals surface area contributed by atoms with Gasteiger partial charge in [0.1, 0.15) is 48.9 Å². The molecular weight excluding hydrogens is 779 g/mol. The third kappa shape index (κ3) is 11.7. The van der Waals surface area contributed by atoms with Gasteiger partial charge < -0.3 is 52.6 Å². The number of fused-ring (bicyclic) bond motifs is 5. The van der Waals surface area contributed by atoms with Gasteiger partial charge in [-0.3, -0.25) is 19.2 Å². The first-order valence-corrected chi connectivity index (χ1v) is 20.6. The van der Waals surface area contributed by atoms with E-state index in [1.54, 1.807) is 48.5 Å². The highest BCUT2D eigenvalue weighted by atomic mass is 16.5. The van der Waals surface area contributed by atoms with Crippen LogP contribution in [0.3, 0.4) is 0 Å². The third-order valence-electron chi connectivity index (χ3n) is 10.5. The van der Waals surface area contributed by atoms with Crippen LogP contribution < -0.4 is 42.6 Å². The molecule has 0 aliphatic carbocycles. The number of nitrogens with zero attached hydrogens (tertiary/aromatic N) is 1.